The summed E-state index contributed by atoms with van der Waals surface area (Å²) in [6.07, 6.45) is 4.65. The van der Waals surface area contributed by atoms with Crippen molar-refractivity contribution in [1.82, 2.24) is 20.0 Å². The SMILES string of the molecule is Cc1noc(C)c1-c1ccc2c(c1)nc(C1CCC(=O)N1)n2C1CCC(C)(O)CC1. The summed E-state index contributed by atoms with van der Waals surface area (Å²) < 4.78 is 7.67. The topological polar surface area (TPSA) is 93.2 Å². The third kappa shape index (κ3) is 3.21. The lowest BCUT2D eigenvalue weighted by Gasteiger charge is -2.35. The Kier molecular flexibility index (Phi) is 4.47. The zero-order valence-electron chi connectivity index (χ0n) is 17.7. The van der Waals surface area contributed by atoms with Crippen LogP contribution in [0.2, 0.25) is 0 Å². The number of nitrogens with one attached hydrogen (secondary N) is 1. The average Bonchev–Trinajstić information content (AvgIpc) is 3.38. The maximum atomic E-state index is 11.9. The number of aromatic nitrogens is 3. The molecule has 1 amide bonds. The molecule has 0 radical (unpaired) electrons. The Morgan fingerprint density at radius 1 is 1.23 bits per heavy atom. The highest BCUT2D eigenvalue weighted by Gasteiger charge is 2.34. The molecule has 3 aromatic rings. The molecule has 1 atom stereocenters. The van der Waals surface area contributed by atoms with E-state index in [2.05, 4.69) is 33.2 Å². The van der Waals surface area contributed by atoms with Crippen molar-refractivity contribution in [2.45, 2.75) is 77.0 Å². The first-order chi connectivity index (χ1) is 14.3. The fraction of sp³-hybridized carbons (Fsp3) is 0.522. The van der Waals surface area contributed by atoms with Gasteiger partial charge in [0, 0.05) is 18.0 Å². The Hall–Kier alpha value is -2.67. The number of rotatable bonds is 3. The van der Waals surface area contributed by atoms with E-state index in [-0.39, 0.29) is 18.0 Å². The third-order valence-corrected chi connectivity index (χ3v) is 6.74. The van der Waals surface area contributed by atoms with Crippen LogP contribution in [0.15, 0.2) is 22.7 Å². The number of fused-ring (bicyclic) bond motifs is 1. The minimum absolute atomic E-state index is 0.0603. The van der Waals surface area contributed by atoms with Crippen LogP contribution in [0.3, 0.4) is 0 Å². The number of hydrogen-bond acceptors (Lipinski definition) is 5. The van der Waals surface area contributed by atoms with Crippen LogP contribution in [-0.4, -0.2) is 31.3 Å². The normalized spacial score (nSPS) is 27.0. The number of carbonyl (C=O) groups excluding carboxylic acids is 1. The van der Waals surface area contributed by atoms with Crippen LogP contribution in [0.25, 0.3) is 22.2 Å². The zero-order valence-corrected chi connectivity index (χ0v) is 17.7. The van der Waals surface area contributed by atoms with Crippen LogP contribution in [-0.2, 0) is 4.79 Å². The number of amides is 1. The third-order valence-electron chi connectivity index (χ3n) is 6.74. The maximum Gasteiger partial charge on any atom is 0.220 e. The molecule has 1 aliphatic carbocycles. The summed E-state index contributed by atoms with van der Waals surface area (Å²) in [6.45, 7) is 5.79. The molecule has 3 heterocycles. The second-order valence-electron chi connectivity index (χ2n) is 9.13. The molecule has 30 heavy (non-hydrogen) atoms. The number of aliphatic hydroxyl groups is 1. The van der Waals surface area contributed by atoms with Gasteiger partial charge in [0.05, 0.1) is 28.4 Å². The van der Waals surface area contributed by atoms with E-state index in [1.807, 2.05) is 20.8 Å². The Balaban J connectivity index is 1.62. The van der Waals surface area contributed by atoms with Gasteiger partial charge in [0.15, 0.2) is 0 Å². The number of carbonyl (C=O) groups is 1. The Morgan fingerprint density at radius 2 is 2.00 bits per heavy atom. The number of nitrogens with zero attached hydrogens (tertiary/aromatic N) is 3. The monoisotopic (exact) mass is 408 g/mol. The summed E-state index contributed by atoms with van der Waals surface area (Å²) >= 11 is 0. The van der Waals surface area contributed by atoms with Crippen LogP contribution in [0, 0.1) is 13.8 Å². The lowest BCUT2D eigenvalue weighted by atomic mass is 9.83. The van der Waals surface area contributed by atoms with Gasteiger partial charge in [0.1, 0.15) is 11.6 Å². The average molecular weight is 409 g/mol. The molecule has 1 unspecified atom stereocenters. The largest absolute Gasteiger partial charge is 0.390 e. The van der Waals surface area contributed by atoms with Crippen LogP contribution in [0.5, 0.6) is 0 Å². The number of benzene rings is 1. The maximum absolute atomic E-state index is 11.9. The number of imidazole rings is 1. The minimum Gasteiger partial charge on any atom is -0.390 e. The van der Waals surface area contributed by atoms with Gasteiger partial charge in [-0.1, -0.05) is 11.2 Å². The Bertz CT molecular complexity index is 1100. The lowest BCUT2D eigenvalue weighted by Crippen LogP contribution is -2.32. The summed E-state index contributed by atoms with van der Waals surface area (Å²) in [4.78, 5) is 16.9. The molecule has 7 nitrogen and oxygen atoms in total. The van der Waals surface area contributed by atoms with E-state index in [1.165, 1.54) is 0 Å². The van der Waals surface area contributed by atoms with Crippen molar-refractivity contribution in [3.05, 3.63) is 35.5 Å². The first-order valence-corrected chi connectivity index (χ1v) is 10.8. The Labute approximate surface area is 175 Å². The first kappa shape index (κ1) is 19.3. The highest BCUT2D eigenvalue weighted by Crippen LogP contribution is 2.40. The van der Waals surface area contributed by atoms with E-state index in [1.54, 1.807) is 0 Å². The zero-order chi connectivity index (χ0) is 21.0. The second kappa shape index (κ2) is 6.94. The van der Waals surface area contributed by atoms with Crippen LogP contribution in [0.1, 0.15) is 74.8 Å². The number of hydrogen-bond donors (Lipinski definition) is 2. The molecule has 2 fully saturated rings. The molecule has 158 valence electrons. The molecule has 1 saturated heterocycles. The summed E-state index contributed by atoms with van der Waals surface area (Å²) in [5.74, 6) is 1.81. The fourth-order valence-electron chi connectivity index (χ4n) is 5.09. The summed E-state index contributed by atoms with van der Waals surface area (Å²) in [7, 11) is 0. The van der Waals surface area contributed by atoms with Crippen molar-refractivity contribution < 1.29 is 14.4 Å². The molecule has 2 aromatic heterocycles. The predicted molar refractivity (Wildman–Crippen MR) is 113 cm³/mol. The first-order valence-electron chi connectivity index (χ1n) is 10.8. The molecule has 5 rings (SSSR count). The molecule has 2 N–H and O–H groups in total. The van der Waals surface area contributed by atoms with Gasteiger partial charge in [-0.2, -0.15) is 0 Å². The van der Waals surface area contributed by atoms with E-state index in [0.29, 0.717) is 6.42 Å². The van der Waals surface area contributed by atoms with Crippen molar-refractivity contribution >= 4 is 16.9 Å². The van der Waals surface area contributed by atoms with Crippen LogP contribution < -0.4 is 5.32 Å². The van der Waals surface area contributed by atoms with Gasteiger partial charge < -0.3 is 19.5 Å². The molecular formula is C23H28N4O3. The smallest absolute Gasteiger partial charge is 0.220 e. The van der Waals surface area contributed by atoms with Crippen molar-refractivity contribution in [3.63, 3.8) is 0 Å². The second-order valence-corrected chi connectivity index (χ2v) is 9.13. The van der Waals surface area contributed by atoms with E-state index in [0.717, 1.165) is 71.5 Å². The molecule has 1 aliphatic heterocycles. The van der Waals surface area contributed by atoms with Gasteiger partial charge in [-0.25, -0.2) is 4.98 Å². The highest BCUT2D eigenvalue weighted by atomic mass is 16.5. The van der Waals surface area contributed by atoms with Crippen molar-refractivity contribution in [2.75, 3.05) is 0 Å². The standard InChI is InChI=1S/C23H28N4O3/c1-13-21(14(2)30-26-13)15-4-6-19-18(12-15)25-22(17-5-7-20(28)24-17)27(19)16-8-10-23(3,29)11-9-16/h4,6,12,16-17,29H,5,7-11H2,1-3H3,(H,24,28). The van der Waals surface area contributed by atoms with E-state index < -0.39 is 5.60 Å². The summed E-state index contributed by atoms with van der Waals surface area (Å²) in [6, 6.07) is 6.53. The van der Waals surface area contributed by atoms with Gasteiger partial charge >= 0.3 is 0 Å². The van der Waals surface area contributed by atoms with Crippen molar-refractivity contribution in [2.24, 2.45) is 0 Å². The summed E-state index contributed by atoms with van der Waals surface area (Å²) in [5, 5.41) is 17.6. The molecule has 2 aliphatic rings. The quantitative estimate of drug-likeness (QED) is 0.680. The van der Waals surface area contributed by atoms with Gasteiger partial charge in [-0.05, 0) is 70.6 Å². The molecule has 7 heteroatoms. The molecule has 1 saturated carbocycles. The van der Waals surface area contributed by atoms with E-state index in [9.17, 15) is 9.90 Å². The van der Waals surface area contributed by atoms with Crippen molar-refractivity contribution in [3.8, 4) is 11.1 Å². The van der Waals surface area contributed by atoms with Gasteiger partial charge in [-0.15, -0.1) is 0 Å². The molecule has 0 bridgehead atoms. The molecule has 1 aromatic carbocycles. The summed E-state index contributed by atoms with van der Waals surface area (Å²) in [5.41, 5.74) is 4.32. The predicted octanol–water partition coefficient (Wildman–Crippen LogP) is 4.13. The van der Waals surface area contributed by atoms with Gasteiger partial charge in [-0.3, -0.25) is 4.79 Å². The molecule has 0 spiro atoms. The van der Waals surface area contributed by atoms with Crippen molar-refractivity contribution in [1.29, 1.82) is 0 Å². The Morgan fingerprint density at radius 3 is 2.63 bits per heavy atom. The van der Waals surface area contributed by atoms with E-state index in [4.69, 9.17) is 9.51 Å². The fourth-order valence-corrected chi connectivity index (χ4v) is 5.09. The minimum atomic E-state index is -0.592. The molecular weight excluding hydrogens is 380 g/mol. The van der Waals surface area contributed by atoms with E-state index >= 15 is 0 Å². The lowest BCUT2D eigenvalue weighted by molar-refractivity contribution is -0.119. The van der Waals surface area contributed by atoms with Gasteiger partial charge in [0.25, 0.3) is 0 Å². The van der Waals surface area contributed by atoms with Gasteiger partial charge in [0.2, 0.25) is 5.91 Å². The number of aryl methyl sites for hydroxylation is 2. The van der Waals surface area contributed by atoms with Crippen LogP contribution in [0.4, 0.5) is 0 Å². The highest BCUT2D eigenvalue weighted by molar-refractivity contribution is 5.84. The van der Waals surface area contributed by atoms with Crippen LogP contribution >= 0.6 is 0 Å².